The van der Waals surface area contributed by atoms with Crippen molar-refractivity contribution in [2.45, 2.75) is 6.04 Å². The van der Waals surface area contributed by atoms with Crippen LogP contribution in [0.4, 0.5) is 0 Å². The smallest absolute Gasteiger partial charge is 0.124 e. The lowest BCUT2D eigenvalue weighted by Crippen LogP contribution is -2.36. The maximum Gasteiger partial charge on any atom is 0.124 e. The Kier molecular flexibility index (Phi) is 9.73. The van der Waals surface area contributed by atoms with E-state index >= 15 is 0 Å². The Balaban J connectivity index is 0.00000169. The van der Waals surface area contributed by atoms with Crippen LogP contribution in [0.1, 0.15) is 17.2 Å². The van der Waals surface area contributed by atoms with Gasteiger partial charge in [0.1, 0.15) is 12.4 Å². The molecule has 2 aromatic carbocycles. The van der Waals surface area contributed by atoms with Crippen LogP contribution in [0.3, 0.4) is 0 Å². The highest BCUT2D eigenvalue weighted by atomic mass is 79.9. The van der Waals surface area contributed by atoms with Gasteiger partial charge in [-0.3, -0.25) is 4.90 Å². The number of hydrogen-bond donors (Lipinski definition) is 0. The molecule has 0 radical (unpaired) electrons. The van der Waals surface area contributed by atoms with E-state index in [1.165, 1.54) is 11.1 Å². The first-order chi connectivity index (χ1) is 11.5. The van der Waals surface area contributed by atoms with Crippen molar-refractivity contribution in [3.8, 4) is 5.75 Å². The lowest BCUT2D eigenvalue weighted by atomic mass is 9.96. The fourth-order valence-electron chi connectivity index (χ4n) is 3.07. The van der Waals surface area contributed by atoms with Gasteiger partial charge in [-0.05, 0) is 50.0 Å². The molecule has 0 bridgehead atoms. The molecule has 7 heteroatoms. The van der Waals surface area contributed by atoms with E-state index in [1.54, 1.807) is 0 Å². The second kappa shape index (κ2) is 10.7. The summed E-state index contributed by atoms with van der Waals surface area (Å²) in [5, 5.41) is 0.762. The molecule has 3 rings (SSSR count). The number of nitrogens with zero attached hydrogens (tertiary/aromatic N) is 2. The molecular formula is C19H24BrCl3N2O. The monoisotopic (exact) mass is 480 g/mol. The zero-order valence-corrected chi connectivity index (χ0v) is 18.8. The van der Waals surface area contributed by atoms with Crippen LogP contribution in [0, 0.1) is 0 Å². The molecule has 1 aliphatic rings. The molecule has 1 aliphatic heterocycles. The number of ether oxygens (including phenoxy) is 1. The second-order valence-electron chi connectivity index (χ2n) is 6.32. The van der Waals surface area contributed by atoms with Gasteiger partial charge in [0, 0.05) is 34.7 Å². The van der Waals surface area contributed by atoms with Gasteiger partial charge in [0.15, 0.2) is 0 Å². The van der Waals surface area contributed by atoms with Crippen molar-refractivity contribution in [1.82, 2.24) is 9.80 Å². The molecule has 3 nitrogen and oxygen atoms in total. The van der Waals surface area contributed by atoms with Gasteiger partial charge in [0.25, 0.3) is 0 Å². The Bertz CT molecular complexity index is 698. The molecule has 0 amide bonds. The van der Waals surface area contributed by atoms with Gasteiger partial charge in [0.05, 0.1) is 6.04 Å². The van der Waals surface area contributed by atoms with Crippen molar-refractivity contribution in [3.63, 3.8) is 0 Å². The Hall–Kier alpha value is -0.490. The first-order valence-corrected chi connectivity index (χ1v) is 9.28. The Morgan fingerprint density at radius 2 is 1.85 bits per heavy atom. The van der Waals surface area contributed by atoms with E-state index in [1.807, 2.05) is 18.2 Å². The van der Waals surface area contributed by atoms with Crippen molar-refractivity contribution in [1.29, 1.82) is 0 Å². The van der Waals surface area contributed by atoms with E-state index in [2.05, 4.69) is 64.1 Å². The fourth-order valence-corrected chi connectivity index (χ4v) is 3.57. The quantitative estimate of drug-likeness (QED) is 0.589. The number of hydrogen-bond acceptors (Lipinski definition) is 3. The topological polar surface area (TPSA) is 15.7 Å². The van der Waals surface area contributed by atoms with Gasteiger partial charge in [-0.1, -0.05) is 39.7 Å². The van der Waals surface area contributed by atoms with E-state index in [-0.39, 0.29) is 30.9 Å². The number of fused-ring (bicyclic) bond motifs is 1. The van der Waals surface area contributed by atoms with Crippen LogP contribution in [0.15, 0.2) is 46.9 Å². The molecular weight excluding hydrogens is 458 g/mol. The minimum absolute atomic E-state index is 0. The number of halogens is 4. The van der Waals surface area contributed by atoms with Gasteiger partial charge < -0.3 is 9.64 Å². The average molecular weight is 483 g/mol. The summed E-state index contributed by atoms with van der Waals surface area (Å²) in [5.74, 6) is 0.963. The molecule has 144 valence electrons. The lowest BCUT2D eigenvalue weighted by molar-refractivity contribution is 0.185. The predicted molar refractivity (Wildman–Crippen MR) is 118 cm³/mol. The highest BCUT2D eigenvalue weighted by Crippen LogP contribution is 2.38. The zero-order valence-electron chi connectivity index (χ0n) is 14.8. The minimum Gasteiger partial charge on any atom is -0.492 e. The molecule has 0 saturated heterocycles. The van der Waals surface area contributed by atoms with E-state index in [0.29, 0.717) is 6.61 Å². The number of rotatable bonds is 4. The normalized spacial score (nSPS) is 16.7. The highest BCUT2D eigenvalue weighted by molar-refractivity contribution is 9.10. The van der Waals surface area contributed by atoms with Crippen LogP contribution in [0.5, 0.6) is 5.75 Å². The molecule has 0 fully saturated rings. The Morgan fingerprint density at radius 3 is 2.50 bits per heavy atom. The molecule has 1 heterocycles. The van der Waals surface area contributed by atoms with Crippen LogP contribution in [0.25, 0.3) is 0 Å². The summed E-state index contributed by atoms with van der Waals surface area (Å²) in [5.41, 5.74) is 2.44. The van der Waals surface area contributed by atoms with E-state index in [4.69, 9.17) is 16.3 Å². The Labute approximate surface area is 181 Å². The van der Waals surface area contributed by atoms with Gasteiger partial charge in [0.2, 0.25) is 0 Å². The summed E-state index contributed by atoms with van der Waals surface area (Å²) in [4.78, 5) is 4.70. The average Bonchev–Trinajstić information content (AvgIpc) is 2.72. The number of benzene rings is 2. The summed E-state index contributed by atoms with van der Waals surface area (Å²) in [6.07, 6.45) is 0. The van der Waals surface area contributed by atoms with Crippen LogP contribution < -0.4 is 4.74 Å². The van der Waals surface area contributed by atoms with Gasteiger partial charge in [-0.15, -0.1) is 24.8 Å². The predicted octanol–water partition coefficient (Wildman–Crippen LogP) is 5.29. The molecule has 0 aromatic heterocycles. The number of likely N-dealkylation sites (N-methyl/N-ethyl adjacent to an activating group) is 1. The summed E-state index contributed by atoms with van der Waals surface area (Å²) < 4.78 is 7.08. The van der Waals surface area contributed by atoms with Crippen LogP contribution >= 0.6 is 52.3 Å². The third kappa shape index (κ3) is 5.75. The van der Waals surface area contributed by atoms with Crippen molar-refractivity contribution in [2.75, 3.05) is 40.3 Å². The molecule has 0 spiro atoms. The van der Waals surface area contributed by atoms with E-state index < -0.39 is 0 Å². The van der Waals surface area contributed by atoms with Crippen molar-refractivity contribution < 1.29 is 4.74 Å². The maximum absolute atomic E-state index is 6.09. The molecule has 0 saturated carbocycles. The van der Waals surface area contributed by atoms with Gasteiger partial charge >= 0.3 is 0 Å². The first kappa shape index (κ1) is 23.5. The fraction of sp³-hybridized carbons (Fsp3) is 0.368. The summed E-state index contributed by atoms with van der Waals surface area (Å²) >= 11 is 9.70. The third-order valence-corrected chi connectivity index (χ3v) is 5.03. The lowest BCUT2D eigenvalue weighted by Gasteiger charge is -2.31. The second-order valence-corrected chi connectivity index (χ2v) is 7.68. The summed E-state index contributed by atoms with van der Waals surface area (Å²) in [6, 6.07) is 14.6. The summed E-state index contributed by atoms with van der Waals surface area (Å²) in [7, 11) is 4.21. The SMILES string of the molecule is CN(C)CCN1CCOc2ccc(Br)cc2C1c1ccc(Cl)cc1.Cl.Cl. The maximum atomic E-state index is 6.09. The van der Waals surface area contributed by atoms with Crippen LogP contribution in [-0.4, -0.2) is 50.1 Å². The molecule has 0 N–H and O–H groups in total. The minimum atomic E-state index is 0. The molecule has 26 heavy (non-hydrogen) atoms. The standard InChI is InChI=1S/C19H22BrClN2O.2ClH/c1-22(2)9-10-23-11-12-24-18-8-5-15(20)13-17(18)19(23)14-3-6-16(21)7-4-14;;/h3-8,13,19H,9-12H2,1-2H3;2*1H. The largest absolute Gasteiger partial charge is 0.492 e. The van der Waals surface area contributed by atoms with Crippen molar-refractivity contribution in [2.24, 2.45) is 0 Å². The van der Waals surface area contributed by atoms with E-state index in [9.17, 15) is 0 Å². The van der Waals surface area contributed by atoms with Gasteiger partial charge in [-0.2, -0.15) is 0 Å². The third-order valence-electron chi connectivity index (χ3n) is 4.29. The molecule has 1 atom stereocenters. The van der Waals surface area contributed by atoms with Crippen molar-refractivity contribution in [3.05, 3.63) is 63.1 Å². The molecule has 1 unspecified atom stereocenters. The highest BCUT2D eigenvalue weighted by Gasteiger charge is 2.28. The molecule has 2 aromatic rings. The Morgan fingerprint density at radius 1 is 1.15 bits per heavy atom. The van der Waals surface area contributed by atoms with Gasteiger partial charge in [-0.25, -0.2) is 0 Å². The van der Waals surface area contributed by atoms with E-state index in [0.717, 1.165) is 34.9 Å². The zero-order chi connectivity index (χ0) is 17.1. The van der Waals surface area contributed by atoms with Crippen molar-refractivity contribution >= 4 is 52.3 Å². The first-order valence-electron chi connectivity index (χ1n) is 8.11. The van der Waals surface area contributed by atoms with Crippen LogP contribution in [0.2, 0.25) is 5.02 Å². The summed E-state index contributed by atoms with van der Waals surface area (Å²) in [6.45, 7) is 3.59. The molecule has 0 aliphatic carbocycles. The van der Waals surface area contributed by atoms with Crippen LogP contribution in [-0.2, 0) is 0 Å².